The number of hydrogen-bond acceptors (Lipinski definition) is 6. The van der Waals surface area contributed by atoms with Crippen LogP contribution in [0.5, 0.6) is 0 Å². The fourth-order valence-electron chi connectivity index (χ4n) is 4.27. The van der Waals surface area contributed by atoms with Crippen molar-refractivity contribution in [3.8, 4) is 0 Å². The molecule has 2 heterocycles. The summed E-state index contributed by atoms with van der Waals surface area (Å²) in [6, 6.07) is 1.86. The van der Waals surface area contributed by atoms with Crippen LogP contribution >= 0.6 is 0 Å². The van der Waals surface area contributed by atoms with Gasteiger partial charge in [-0.15, -0.1) is 0 Å². The van der Waals surface area contributed by atoms with Crippen LogP contribution in [0, 0.1) is 5.92 Å². The standard InChI is InChI=1S/C20H30N2O4/c1-19(2,3)26-18(23)11-13-10-16(14-7-9-22-12-15(14)21)25-17-6-4-5-8-20(13,17)24/h7,9,12-13,16-17,24H,4-6,8,10-11,21H2,1-3H3/t13-,16+,17+,20-/m1/s1. The first-order chi connectivity index (χ1) is 12.2. The van der Waals surface area contributed by atoms with E-state index >= 15 is 0 Å². The van der Waals surface area contributed by atoms with Crippen LogP contribution in [0.4, 0.5) is 5.69 Å². The van der Waals surface area contributed by atoms with E-state index in [-0.39, 0.29) is 30.5 Å². The number of carbonyl (C=O) groups excluding carboxylic acids is 1. The van der Waals surface area contributed by atoms with Gasteiger partial charge in [0.05, 0.1) is 36.1 Å². The van der Waals surface area contributed by atoms with Gasteiger partial charge in [0.2, 0.25) is 0 Å². The number of nitrogens with zero attached hydrogens (tertiary/aromatic N) is 1. The van der Waals surface area contributed by atoms with Gasteiger partial charge in [0.15, 0.2) is 0 Å². The summed E-state index contributed by atoms with van der Waals surface area (Å²) in [5, 5.41) is 11.4. The Kier molecular flexibility index (Phi) is 5.26. The maximum absolute atomic E-state index is 12.4. The van der Waals surface area contributed by atoms with E-state index in [1.54, 1.807) is 12.4 Å². The van der Waals surface area contributed by atoms with Crippen molar-refractivity contribution in [3.63, 3.8) is 0 Å². The highest BCUT2D eigenvalue weighted by Crippen LogP contribution is 2.49. The summed E-state index contributed by atoms with van der Waals surface area (Å²) in [7, 11) is 0. The Labute approximate surface area is 155 Å². The summed E-state index contributed by atoms with van der Waals surface area (Å²) >= 11 is 0. The van der Waals surface area contributed by atoms with Crippen LogP contribution in [-0.2, 0) is 14.3 Å². The van der Waals surface area contributed by atoms with Crippen LogP contribution in [-0.4, -0.2) is 33.4 Å². The minimum Gasteiger partial charge on any atom is -0.460 e. The summed E-state index contributed by atoms with van der Waals surface area (Å²) < 4.78 is 11.8. The number of aromatic nitrogens is 1. The average Bonchev–Trinajstić information content (AvgIpc) is 2.54. The second-order valence-electron chi connectivity index (χ2n) is 8.58. The van der Waals surface area contributed by atoms with E-state index < -0.39 is 11.2 Å². The molecule has 0 spiro atoms. The molecule has 144 valence electrons. The van der Waals surface area contributed by atoms with Crippen molar-refractivity contribution in [3.05, 3.63) is 24.0 Å². The third kappa shape index (κ3) is 4.01. The second-order valence-corrected chi connectivity index (χ2v) is 8.58. The number of hydrogen-bond donors (Lipinski definition) is 2. The number of nitrogen functional groups attached to an aromatic ring is 1. The topological polar surface area (TPSA) is 94.7 Å². The Balaban J connectivity index is 1.83. The Hall–Kier alpha value is -1.66. The lowest BCUT2D eigenvalue weighted by atomic mass is 9.68. The predicted octanol–water partition coefficient (Wildman–Crippen LogP) is 3.15. The van der Waals surface area contributed by atoms with Crippen molar-refractivity contribution >= 4 is 11.7 Å². The summed E-state index contributed by atoms with van der Waals surface area (Å²) in [5.41, 5.74) is 6.03. The molecular weight excluding hydrogens is 332 g/mol. The Morgan fingerprint density at radius 1 is 1.46 bits per heavy atom. The van der Waals surface area contributed by atoms with Crippen molar-refractivity contribution in [1.82, 2.24) is 4.98 Å². The van der Waals surface area contributed by atoms with Crippen LogP contribution in [0.1, 0.15) is 71.0 Å². The molecule has 2 fully saturated rings. The van der Waals surface area contributed by atoms with Gasteiger partial charge < -0.3 is 20.3 Å². The number of carbonyl (C=O) groups is 1. The molecule has 1 aromatic rings. The smallest absolute Gasteiger partial charge is 0.306 e. The van der Waals surface area contributed by atoms with Gasteiger partial charge >= 0.3 is 5.97 Å². The van der Waals surface area contributed by atoms with Crippen LogP contribution in [0.2, 0.25) is 0 Å². The zero-order chi connectivity index (χ0) is 18.9. The van der Waals surface area contributed by atoms with E-state index in [4.69, 9.17) is 15.2 Å². The van der Waals surface area contributed by atoms with Crippen molar-refractivity contribution in [1.29, 1.82) is 0 Å². The molecule has 26 heavy (non-hydrogen) atoms. The molecule has 0 amide bonds. The molecule has 1 saturated heterocycles. The first-order valence-corrected chi connectivity index (χ1v) is 9.48. The lowest BCUT2D eigenvalue weighted by Gasteiger charge is -2.51. The Bertz CT molecular complexity index is 657. The van der Waals surface area contributed by atoms with E-state index in [2.05, 4.69) is 4.98 Å². The lowest BCUT2D eigenvalue weighted by Crippen LogP contribution is -2.56. The van der Waals surface area contributed by atoms with Crippen molar-refractivity contribution in [2.45, 2.75) is 82.7 Å². The highest BCUT2D eigenvalue weighted by Gasteiger charge is 2.52. The summed E-state index contributed by atoms with van der Waals surface area (Å²) in [6.45, 7) is 5.56. The minimum absolute atomic E-state index is 0.190. The monoisotopic (exact) mass is 362 g/mol. The third-order valence-corrected chi connectivity index (χ3v) is 5.45. The number of rotatable bonds is 3. The van der Waals surface area contributed by atoms with Gasteiger partial charge in [0.1, 0.15) is 5.60 Å². The number of pyridine rings is 1. The van der Waals surface area contributed by atoms with Gasteiger partial charge in [-0.2, -0.15) is 0 Å². The third-order valence-electron chi connectivity index (χ3n) is 5.45. The molecule has 3 rings (SSSR count). The zero-order valence-corrected chi connectivity index (χ0v) is 15.9. The van der Waals surface area contributed by atoms with Gasteiger partial charge in [-0.25, -0.2) is 0 Å². The van der Waals surface area contributed by atoms with Crippen molar-refractivity contribution in [2.75, 3.05) is 5.73 Å². The van der Waals surface area contributed by atoms with Gasteiger partial charge in [0.25, 0.3) is 0 Å². The van der Waals surface area contributed by atoms with E-state index in [1.165, 1.54) is 0 Å². The van der Waals surface area contributed by atoms with Crippen LogP contribution < -0.4 is 5.73 Å². The molecular formula is C20H30N2O4. The van der Waals surface area contributed by atoms with Gasteiger partial charge in [-0.3, -0.25) is 9.78 Å². The number of aliphatic hydroxyl groups is 1. The normalized spacial score (nSPS) is 31.9. The minimum atomic E-state index is -0.979. The highest BCUT2D eigenvalue weighted by atomic mass is 16.6. The first-order valence-electron chi connectivity index (χ1n) is 9.48. The number of esters is 1. The number of nitrogens with two attached hydrogens (primary N) is 1. The Morgan fingerprint density at radius 3 is 2.92 bits per heavy atom. The van der Waals surface area contributed by atoms with Crippen LogP contribution in [0.25, 0.3) is 0 Å². The van der Waals surface area contributed by atoms with Gasteiger partial charge in [0, 0.05) is 17.7 Å². The van der Waals surface area contributed by atoms with E-state index in [9.17, 15) is 9.90 Å². The number of anilines is 1. The molecule has 6 nitrogen and oxygen atoms in total. The van der Waals surface area contributed by atoms with Crippen LogP contribution in [0.15, 0.2) is 18.5 Å². The van der Waals surface area contributed by atoms with E-state index in [0.29, 0.717) is 18.5 Å². The lowest BCUT2D eigenvalue weighted by molar-refractivity contribution is -0.226. The SMILES string of the molecule is CC(C)(C)OC(=O)C[C@H]1C[C@@H](c2ccncc2N)O[C@H]2CCCC[C@@]12O. The van der Waals surface area contributed by atoms with Gasteiger partial charge in [-0.1, -0.05) is 12.8 Å². The van der Waals surface area contributed by atoms with Crippen molar-refractivity contribution < 1.29 is 19.4 Å². The van der Waals surface area contributed by atoms with Gasteiger partial charge in [-0.05, 0) is 46.1 Å². The molecule has 0 aromatic carbocycles. The largest absolute Gasteiger partial charge is 0.460 e. The summed E-state index contributed by atoms with van der Waals surface area (Å²) in [5.74, 6) is -0.488. The highest BCUT2D eigenvalue weighted by molar-refractivity contribution is 5.70. The molecule has 6 heteroatoms. The molecule has 1 aliphatic heterocycles. The zero-order valence-electron chi connectivity index (χ0n) is 15.9. The number of fused-ring (bicyclic) bond motifs is 1. The van der Waals surface area contributed by atoms with E-state index in [1.807, 2.05) is 26.8 Å². The molecule has 4 atom stereocenters. The number of ether oxygens (including phenoxy) is 2. The average molecular weight is 362 g/mol. The summed E-state index contributed by atoms with van der Waals surface area (Å²) in [4.78, 5) is 16.5. The molecule has 0 bridgehead atoms. The molecule has 3 N–H and O–H groups in total. The predicted molar refractivity (Wildman–Crippen MR) is 98.3 cm³/mol. The molecule has 1 saturated carbocycles. The van der Waals surface area contributed by atoms with Crippen LogP contribution in [0.3, 0.4) is 0 Å². The van der Waals surface area contributed by atoms with E-state index in [0.717, 1.165) is 24.8 Å². The fraction of sp³-hybridized carbons (Fsp3) is 0.700. The second kappa shape index (κ2) is 7.16. The Morgan fingerprint density at radius 2 is 2.23 bits per heavy atom. The molecule has 1 aromatic heterocycles. The summed E-state index contributed by atoms with van der Waals surface area (Å²) in [6.07, 6.45) is 6.93. The quantitative estimate of drug-likeness (QED) is 0.802. The molecule has 1 aliphatic carbocycles. The molecule has 0 unspecified atom stereocenters. The first kappa shape index (κ1) is 19.1. The maximum Gasteiger partial charge on any atom is 0.306 e. The molecule has 2 aliphatic rings. The fourth-order valence-corrected chi connectivity index (χ4v) is 4.27. The van der Waals surface area contributed by atoms with Crippen molar-refractivity contribution in [2.24, 2.45) is 5.92 Å². The maximum atomic E-state index is 12.4. The molecule has 0 radical (unpaired) electrons.